The fourth-order valence-electron chi connectivity index (χ4n) is 1.83. The van der Waals surface area contributed by atoms with Gasteiger partial charge in [0.15, 0.2) is 0 Å². The van der Waals surface area contributed by atoms with Crippen LogP contribution in [0.25, 0.3) is 5.52 Å². The number of rotatable bonds is 0. The average Bonchev–Trinajstić information content (AvgIpc) is 2.60. The van der Waals surface area contributed by atoms with Crippen molar-refractivity contribution in [3.05, 3.63) is 36.2 Å². The van der Waals surface area contributed by atoms with E-state index in [4.69, 9.17) is 0 Å². The Morgan fingerprint density at radius 1 is 1.38 bits per heavy atom. The zero-order chi connectivity index (χ0) is 8.84. The van der Waals surface area contributed by atoms with Crippen molar-refractivity contribution in [3.8, 4) is 0 Å². The van der Waals surface area contributed by atoms with Gasteiger partial charge in [-0.15, -0.1) is 0 Å². The molecule has 3 nitrogen and oxygen atoms in total. The third kappa shape index (κ3) is 0.811. The summed E-state index contributed by atoms with van der Waals surface area (Å²) in [6, 6.07) is 5.99. The van der Waals surface area contributed by atoms with Gasteiger partial charge in [0.05, 0.1) is 17.6 Å². The fraction of sp³-hybridized carbons (Fsp3) is 0.100. The molecule has 2 aromatic rings. The molecule has 1 N–H and O–H groups in total. The van der Waals surface area contributed by atoms with Gasteiger partial charge in [0.1, 0.15) is 0 Å². The lowest BCUT2D eigenvalue weighted by Gasteiger charge is -1.94. The Bertz CT molecular complexity index is 499. The summed E-state index contributed by atoms with van der Waals surface area (Å²) in [5.74, 6) is 0.0938. The number of hydrogen-bond acceptors (Lipinski definition) is 1. The highest BCUT2D eigenvalue weighted by Gasteiger charge is 2.21. The third-order valence-corrected chi connectivity index (χ3v) is 2.40. The highest BCUT2D eigenvalue weighted by atomic mass is 16.1. The van der Waals surface area contributed by atoms with E-state index in [1.54, 1.807) is 0 Å². The molecule has 0 spiro atoms. The van der Waals surface area contributed by atoms with Crippen LogP contribution in [0.4, 0.5) is 5.69 Å². The molecule has 3 heteroatoms. The summed E-state index contributed by atoms with van der Waals surface area (Å²) in [4.78, 5) is 11.1. The normalized spacial score (nSPS) is 14.6. The lowest BCUT2D eigenvalue weighted by molar-refractivity contribution is -0.115. The molecular weight excluding hydrogens is 164 g/mol. The summed E-state index contributed by atoms with van der Waals surface area (Å²) in [6.45, 7) is 0. The second-order valence-electron chi connectivity index (χ2n) is 3.24. The van der Waals surface area contributed by atoms with Gasteiger partial charge < -0.3 is 9.72 Å². The Morgan fingerprint density at radius 2 is 2.31 bits per heavy atom. The van der Waals surface area contributed by atoms with Crippen LogP contribution >= 0.6 is 0 Å². The Balaban J connectivity index is 2.37. The van der Waals surface area contributed by atoms with Crippen LogP contribution in [0, 0.1) is 0 Å². The molecule has 0 aliphatic carbocycles. The fourth-order valence-corrected chi connectivity index (χ4v) is 1.83. The number of pyridine rings is 1. The molecule has 3 rings (SSSR count). The van der Waals surface area contributed by atoms with Gasteiger partial charge in [-0.1, -0.05) is 6.07 Å². The van der Waals surface area contributed by atoms with E-state index < -0.39 is 0 Å². The molecule has 13 heavy (non-hydrogen) atoms. The Morgan fingerprint density at radius 3 is 3.23 bits per heavy atom. The Labute approximate surface area is 75.0 Å². The minimum atomic E-state index is 0.0938. The van der Waals surface area contributed by atoms with Crippen molar-refractivity contribution >= 4 is 17.1 Å². The number of amides is 1. The standard InChI is InChI=1S/C10H8N2O/c13-10-5-7-8(11-10)6-12-4-2-1-3-9(7)12/h1-4,6H,5H2,(H,11,13). The van der Waals surface area contributed by atoms with Crippen molar-refractivity contribution < 1.29 is 4.79 Å². The van der Waals surface area contributed by atoms with Gasteiger partial charge in [-0.2, -0.15) is 0 Å². The molecule has 3 heterocycles. The SMILES string of the molecule is O=C1Cc2c(cn3ccccc23)N1. The molecule has 1 amide bonds. The maximum absolute atomic E-state index is 11.1. The quantitative estimate of drug-likeness (QED) is 0.640. The monoisotopic (exact) mass is 172 g/mol. The Hall–Kier alpha value is -1.77. The minimum Gasteiger partial charge on any atom is -0.324 e. The van der Waals surface area contributed by atoms with Gasteiger partial charge in [-0.3, -0.25) is 4.79 Å². The molecule has 0 fully saturated rings. The van der Waals surface area contributed by atoms with Crippen molar-refractivity contribution in [2.75, 3.05) is 5.32 Å². The van der Waals surface area contributed by atoms with Crippen molar-refractivity contribution in [1.82, 2.24) is 4.40 Å². The highest BCUT2D eigenvalue weighted by molar-refractivity contribution is 6.02. The summed E-state index contributed by atoms with van der Waals surface area (Å²) in [6.07, 6.45) is 4.45. The van der Waals surface area contributed by atoms with Crippen LogP contribution in [0.15, 0.2) is 30.6 Å². The lowest BCUT2D eigenvalue weighted by atomic mass is 10.2. The van der Waals surface area contributed by atoms with Crippen LogP contribution in [0.5, 0.6) is 0 Å². The maximum Gasteiger partial charge on any atom is 0.229 e. The van der Waals surface area contributed by atoms with Gasteiger partial charge in [-0.25, -0.2) is 0 Å². The van der Waals surface area contributed by atoms with Crippen molar-refractivity contribution in [2.24, 2.45) is 0 Å². The number of anilines is 1. The predicted octanol–water partition coefficient (Wildman–Crippen LogP) is 1.43. The summed E-state index contributed by atoms with van der Waals surface area (Å²) in [7, 11) is 0. The van der Waals surface area contributed by atoms with E-state index in [0.29, 0.717) is 6.42 Å². The molecule has 0 saturated heterocycles. The van der Waals surface area contributed by atoms with Crippen molar-refractivity contribution in [2.45, 2.75) is 6.42 Å². The molecule has 0 aromatic carbocycles. The zero-order valence-electron chi connectivity index (χ0n) is 6.95. The van der Waals surface area contributed by atoms with Crippen molar-refractivity contribution in [3.63, 3.8) is 0 Å². The first-order valence-electron chi connectivity index (χ1n) is 4.23. The predicted molar refractivity (Wildman–Crippen MR) is 49.7 cm³/mol. The summed E-state index contributed by atoms with van der Waals surface area (Å²) in [5, 5.41) is 2.83. The van der Waals surface area contributed by atoms with Crippen LogP contribution in [0.2, 0.25) is 0 Å². The van der Waals surface area contributed by atoms with Gasteiger partial charge >= 0.3 is 0 Å². The highest BCUT2D eigenvalue weighted by Crippen LogP contribution is 2.28. The van der Waals surface area contributed by atoms with Gasteiger partial charge in [0, 0.05) is 18.0 Å². The molecule has 0 radical (unpaired) electrons. The van der Waals surface area contributed by atoms with Crippen LogP contribution in [0.3, 0.4) is 0 Å². The second-order valence-corrected chi connectivity index (χ2v) is 3.24. The first-order valence-corrected chi connectivity index (χ1v) is 4.23. The van der Waals surface area contributed by atoms with E-state index in [-0.39, 0.29) is 5.91 Å². The molecule has 0 bridgehead atoms. The molecule has 0 unspecified atom stereocenters. The van der Waals surface area contributed by atoms with Gasteiger partial charge in [0.2, 0.25) is 5.91 Å². The summed E-state index contributed by atoms with van der Waals surface area (Å²) < 4.78 is 2.03. The van der Waals surface area contributed by atoms with Crippen LogP contribution in [-0.4, -0.2) is 10.3 Å². The van der Waals surface area contributed by atoms with Crippen molar-refractivity contribution in [1.29, 1.82) is 0 Å². The van der Waals surface area contributed by atoms with Crippen LogP contribution < -0.4 is 5.32 Å². The van der Waals surface area contributed by atoms with E-state index in [1.807, 2.05) is 35.0 Å². The molecule has 1 aliphatic rings. The average molecular weight is 172 g/mol. The van der Waals surface area contributed by atoms with Crippen LogP contribution in [-0.2, 0) is 11.2 Å². The van der Waals surface area contributed by atoms with Crippen LogP contribution in [0.1, 0.15) is 5.56 Å². The number of carbonyl (C=O) groups is 1. The van der Waals surface area contributed by atoms with E-state index >= 15 is 0 Å². The molecule has 64 valence electrons. The summed E-state index contributed by atoms with van der Waals surface area (Å²) >= 11 is 0. The molecule has 2 aromatic heterocycles. The zero-order valence-corrected chi connectivity index (χ0v) is 6.95. The maximum atomic E-state index is 11.1. The molecule has 1 aliphatic heterocycles. The molecular formula is C10H8N2O. The van der Waals surface area contributed by atoms with Gasteiger partial charge in [-0.05, 0) is 12.1 Å². The smallest absolute Gasteiger partial charge is 0.229 e. The molecule has 0 atom stereocenters. The number of nitrogens with zero attached hydrogens (tertiary/aromatic N) is 1. The molecule has 0 saturated carbocycles. The lowest BCUT2D eigenvalue weighted by Crippen LogP contribution is -2.04. The van der Waals surface area contributed by atoms with E-state index in [1.165, 1.54) is 0 Å². The largest absolute Gasteiger partial charge is 0.324 e. The number of nitrogens with one attached hydrogen (secondary N) is 1. The van der Waals surface area contributed by atoms with E-state index in [9.17, 15) is 4.79 Å². The minimum absolute atomic E-state index is 0.0938. The number of fused-ring (bicyclic) bond motifs is 3. The first kappa shape index (κ1) is 6.71. The van der Waals surface area contributed by atoms with E-state index in [0.717, 1.165) is 16.8 Å². The second kappa shape index (κ2) is 2.13. The number of aromatic nitrogens is 1. The van der Waals surface area contributed by atoms with Gasteiger partial charge in [0.25, 0.3) is 0 Å². The topological polar surface area (TPSA) is 33.5 Å². The number of hydrogen-bond donors (Lipinski definition) is 1. The summed E-state index contributed by atoms with van der Waals surface area (Å²) in [5.41, 5.74) is 3.19. The Kier molecular flexibility index (Phi) is 1.10. The third-order valence-electron chi connectivity index (χ3n) is 2.40. The first-order chi connectivity index (χ1) is 6.34. The number of carbonyl (C=O) groups excluding carboxylic acids is 1. The van der Waals surface area contributed by atoms with E-state index in [2.05, 4.69) is 5.32 Å².